The summed E-state index contributed by atoms with van der Waals surface area (Å²) in [7, 11) is 0. The number of benzene rings is 1. The van der Waals surface area contributed by atoms with Crippen molar-refractivity contribution in [1.82, 2.24) is 0 Å². The van der Waals surface area contributed by atoms with Crippen LogP contribution in [-0.4, -0.2) is 116 Å². The van der Waals surface area contributed by atoms with Crippen molar-refractivity contribution in [3.8, 4) is 0 Å². The van der Waals surface area contributed by atoms with E-state index in [0.29, 0.717) is 5.56 Å². The Balaban J connectivity index is 2.13. The number of carbonyl (C=O) groups is 7. The predicted molar refractivity (Wildman–Crippen MR) is 175 cm³/mol. The van der Waals surface area contributed by atoms with Crippen LogP contribution in [0.5, 0.6) is 0 Å². The molecule has 1 aromatic carbocycles. The molecule has 0 unspecified atom stereocenters. The third-order valence-electron chi connectivity index (χ3n) is 7.52. The van der Waals surface area contributed by atoms with Crippen molar-refractivity contribution >= 4 is 47.9 Å². The van der Waals surface area contributed by atoms with Crippen molar-refractivity contribution in [1.29, 1.82) is 0 Å². The van der Waals surface area contributed by atoms with E-state index in [1.165, 1.54) is 0 Å². The molecule has 53 heavy (non-hydrogen) atoms. The molecule has 18 heteroatoms. The van der Waals surface area contributed by atoms with Gasteiger partial charge in [-0.25, -0.2) is 0 Å². The van der Waals surface area contributed by atoms with E-state index in [0.717, 1.165) is 54.0 Å². The number of carbonyl (C=O) groups excluding carboxylic acids is 7. The molecule has 3 rings (SSSR count). The molecule has 2 heterocycles. The van der Waals surface area contributed by atoms with Crippen molar-refractivity contribution in [2.24, 2.45) is 0 Å². The van der Waals surface area contributed by atoms with Crippen molar-refractivity contribution in [3.63, 3.8) is 0 Å². The van der Waals surface area contributed by atoms with Gasteiger partial charge in [-0.05, 0) is 11.1 Å². The first kappa shape index (κ1) is 42.5. The zero-order valence-corrected chi connectivity index (χ0v) is 30.3. The second kappa shape index (κ2) is 19.8. The maximum Gasteiger partial charge on any atom is 0.303 e. The van der Waals surface area contributed by atoms with Crippen LogP contribution in [-0.2, 0) is 92.3 Å². The summed E-state index contributed by atoms with van der Waals surface area (Å²) >= 11 is 0. The molecule has 18 nitrogen and oxygen atoms in total. The highest BCUT2D eigenvalue weighted by Crippen LogP contribution is 2.36. The molecule has 10 atom stereocenters. The molecular formula is C35H44O18. The summed E-state index contributed by atoms with van der Waals surface area (Å²) in [5, 5.41) is 0. The van der Waals surface area contributed by atoms with Gasteiger partial charge in [0, 0.05) is 48.5 Å². The van der Waals surface area contributed by atoms with Gasteiger partial charge in [-0.1, -0.05) is 36.9 Å². The summed E-state index contributed by atoms with van der Waals surface area (Å²) in [6, 6.07) is 7.10. The summed E-state index contributed by atoms with van der Waals surface area (Å²) in [5.41, 5.74) is 1.52. The van der Waals surface area contributed by atoms with Crippen molar-refractivity contribution < 1.29 is 85.7 Å². The zero-order chi connectivity index (χ0) is 39.4. The molecule has 0 N–H and O–H groups in total. The molecule has 0 aromatic heterocycles. The second-order valence-corrected chi connectivity index (χ2v) is 11.9. The summed E-state index contributed by atoms with van der Waals surface area (Å²) < 4.78 is 62.6. The number of ether oxygens (including phenoxy) is 11. The molecule has 0 bridgehead atoms. The fraction of sp³-hybridized carbons (Fsp3) is 0.571. The van der Waals surface area contributed by atoms with Gasteiger partial charge < -0.3 is 52.1 Å². The average Bonchev–Trinajstić information content (AvgIpc) is 3.05. The SMILES string of the molecule is C=Cc1ccc(CO[C@@H]2O[C@H](COC(C)=O)[C@@H](O[C@H]3O[C@H](COC(C)=O)[C@@H](OC(C)=O)[C@H](OC(C)=O)[C@H]3OC(C)=O)[C@H](OC(C)=O)[C@H]2OC(C)=O)cc1. The Kier molecular flexibility index (Phi) is 15.9. The number of esters is 7. The van der Waals surface area contributed by atoms with Gasteiger partial charge in [-0.2, -0.15) is 0 Å². The number of hydrogen-bond acceptors (Lipinski definition) is 18. The minimum Gasteiger partial charge on any atom is -0.463 e. The fourth-order valence-corrected chi connectivity index (χ4v) is 5.53. The van der Waals surface area contributed by atoms with Gasteiger partial charge in [-0.3, -0.25) is 33.6 Å². The molecule has 0 amide bonds. The third-order valence-corrected chi connectivity index (χ3v) is 7.52. The molecule has 292 valence electrons. The van der Waals surface area contributed by atoms with E-state index in [-0.39, 0.29) is 6.61 Å². The maximum atomic E-state index is 12.6. The standard InChI is InChI=1S/C35H44O18/c1-9-24-10-12-25(13-11-24)14-45-34-32(49-22(7)41)31(48-21(6)40)29(27(51-34)16-44-18(3)37)53-35-33(50-23(8)42)30(47-20(5)39)28(46-19(4)38)26(52-35)15-43-17(2)36/h9-13,26-35H,1,14-16H2,2-8H3/t26-,27-,28-,29-,30+,31+,32-,33-,34-,35-/m1/s1. The Morgan fingerprint density at radius 1 is 0.547 bits per heavy atom. The quantitative estimate of drug-likeness (QED) is 0.183. The molecule has 0 spiro atoms. The Labute approximate surface area is 305 Å². The molecule has 1 aromatic rings. The van der Waals surface area contributed by atoms with E-state index in [4.69, 9.17) is 52.1 Å². The Hall–Kier alpha value is -4.91. The smallest absolute Gasteiger partial charge is 0.303 e. The van der Waals surface area contributed by atoms with Crippen LogP contribution < -0.4 is 0 Å². The zero-order valence-electron chi connectivity index (χ0n) is 30.3. The van der Waals surface area contributed by atoms with Crippen molar-refractivity contribution in [2.45, 2.75) is 116 Å². The summed E-state index contributed by atoms with van der Waals surface area (Å²) in [6.45, 7) is 10.1. The first-order valence-corrected chi connectivity index (χ1v) is 16.4. The van der Waals surface area contributed by atoms with Crippen LogP contribution in [0.3, 0.4) is 0 Å². The molecule has 0 saturated carbocycles. The highest BCUT2D eigenvalue weighted by molar-refractivity contribution is 5.69. The van der Waals surface area contributed by atoms with Gasteiger partial charge in [0.2, 0.25) is 0 Å². The van der Waals surface area contributed by atoms with E-state index < -0.39 is 116 Å². The third kappa shape index (κ3) is 12.9. The lowest BCUT2D eigenvalue weighted by molar-refractivity contribution is -0.362. The topological polar surface area (TPSA) is 221 Å². The van der Waals surface area contributed by atoms with Gasteiger partial charge in [-0.15, -0.1) is 0 Å². The minimum absolute atomic E-state index is 0.0852. The Morgan fingerprint density at radius 2 is 0.943 bits per heavy atom. The van der Waals surface area contributed by atoms with Gasteiger partial charge in [0.1, 0.15) is 31.5 Å². The number of rotatable bonds is 15. The highest BCUT2D eigenvalue weighted by atomic mass is 16.8. The molecule has 2 fully saturated rings. The summed E-state index contributed by atoms with van der Waals surface area (Å²) in [4.78, 5) is 85.7. The monoisotopic (exact) mass is 752 g/mol. The summed E-state index contributed by atoms with van der Waals surface area (Å²) in [5.74, 6) is -5.83. The first-order chi connectivity index (χ1) is 25.0. The molecule has 2 aliphatic heterocycles. The Bertz CT molecular complexity index is 1490. The van der Waals surface area contributed by atoms with Gasteiger partial charge in [0.15, 0.2) is 43.1 Å². The summed E-state index contributed by atoms with van der Waals surface area (Å²) in [6.07, 6.45) is -13.8. The van der Waals surface area contributed by atoms with E-state index in [1.54, 1.807) is 30.3 Å². The predicted octanol–water partition coefficient (Wildman–Crippen LogP) is 1.47. The second-order valence-electron chi connectivity index (χ2n) is 11.9. The highest BCUT2D eigenvalue weighted by Gasteiger charge is 2.57. The van der Waals surface area contributed by atoms with E-state index >= 15 is 0 Å². The normalized spacial score (nSPS) is 28.0. The van der Waals surface area contributed by atoms with Crippen LogP contribution in [0.25, 0.3) is 6.08 Å². The van der Waals surface area contributed by atoms with Crippen LogP contribution in [0.15, 0.2) is 30.8 Å². The van der Waals surface area contributed by atoms with E-state index in [9.17, 15) is 33.6 Å². The van der Waals surface area contributed by atoms with Crippen LogP contribution in [0.4, 0.5) is 0 Å². The van der Waals surface area contributed by atoms with Crippen LogP contribution in [0, 0.1) is 0 Å². The van der Waals surface area contributed by atoms with Crippen LogP contribution in [0.1, 0.15) is 59.6 Å². The number of hydrogen-bond donors (Lipinski definition) is 0. The molecule has 2 saturated heterocycles. The molecule has 0 radical (unpaired) electrons. The van der Waals surface area contributed by atoms with Crippen molar-refractivity contribution in [2.75, 3.05) is 13.2 Å². The van der Waals surface area contributed by atoms with E-state index in [2.05, 4.69) is 6.58 Å². The van der Waals surface area contributed by atoms with Crippen LogP contribution >= 0.6 is 0 Å². The van der Waals surface area contributed by atoms with E-state index in [1.807, 2.05) is 0 Å². The van der Waals surface area contributed by atoms with Gasteiger partial charge >= 0.3 is 41.8 Å². The van der Waals surface area contributed by atoms with Crippen LogP contribution in [0.2, 0.25) is 0 Å². The molecule has 0 aliphatic carbocycles. The van der Waals surface area contributed by atoms with Gasteiger partial charge in [0.05, 0.1) is 6.61 Å². The minimum atomic E-state index is -1.79. The maximum absolute atomic E-state index is 12.6. The lowest BCUT2D eigenvalue weighted by Crippen LogP contribution is -2.67. The lowest BCUT2D eigenvalue weighted by atomic mass is 9.96. The lowest BCUT2D eigenvalue weighted by Gasteiger charge is -2.48. The van der Waals surface area contributed by atoms with Crippen molar-refractivity contribution in [3.05, 3.63) is 42.0 Å². The average molecular weight is 753 g/mol. The van der Waals surface area contributed by atoms with Gasteiger partial charge in [0.25, 0.3) is 0 Å². The molecular weight excluding hydrogens is 708 g/mol. The first-order valence-electron chi connectivity index (χ1n) is 16.4. The molecule has 2 aliphatic rings. The largest absolute Gasteiger partial charge is 0.463 e. The Morgan fingerprint density at radius 3 is 1.40 bits per heavy atom. The fourth-order valence-electron chi connectivity index (χ4n) is 5.53.